The summed E-state index contributed by atoms with van der Waals surface area (Å²) in [5.41, 5.74) is 0.838. The smallest absolute Gasteiger partial charge is 0.264 e. The molecule has 0 saturated carbocycles. The van der Waals surface area contributed by atoms with E-state index in [0.29, 0.717) is 17.1 Å². The predicted octanol–water partition coefficient (Wildman–Crippen LogP) is 2.80. The molecule has 6 nitrogen and oxygen atoms in total. The number of sulfonamides is 1. The van der Waals surface area contributed by atoms with E-state index in [-0.39, 0.29) is 15.8 Å². The van der Waals surface area contributed by atoms with Crippen molar-refractivity contribution in [1.82, 2.24) is 10.1 Å². The average molecular weight is 335 g/mol. The van der Waals surface area contributed by atoms with Crippen molar-refractivity contribution in [1.29, 1.82) is 0 Å². The van der Waals surface area contributed by atoms with Crippen LogP contribution < -0.4 is 4.31 Å². The molecule has 0 aliphatic rings. The summed E-state index contributed by atoms with van der Waals surface area (Å²) in [5.74, 6) is -0.183. The Morgan fingerprint density at radius 1 is 1.22 bits per heavy atom. The molecule has 120 valence electrons. The lowest BCUT2D eigenvalue weighted by Crippen LogP contribution is -2.27. The molecule has 0 bridgehead atoms. The Labute approximate surface area is 132 Å². The van der Waals surface area contributed by atoms with Gasteiger partial charge in [0.2, 0.25) is 0 Å². The third-order valence-electron chi connectivity index (χ3n) is 3.63. The van der Waals surface area contributed by atoms with Crippen LogP contribution in [0.15, 0.2) is 39.9 Å². The normalized spacial score (nSPS) is 11.8. The Hall–Kier alpha value is -2.48. The highest BCUT2D eigenvalue weighted by atomic mass is 32.2. The van der Waals surface area contributed by atoms with E-state index in [2.05, 4.69) is 10.1 Å². The number of pyridine rings is 1. The van der Waals surface area contributed by atoms with Crippen LogP contribution in [0, 0.1) is 19.7 Å². The van der Waals surface area contributed by atoms with Gasteiger partial charge >= 0.3 is 0 Å². The van der Waals surface area contributed by atoms with Crippen molar-refractivity contribution in [2.24, 2.45) is 0 Å². The molecule has 3 rings (SSSR count). The SMILES string of the molecule is Cc1noc(C)c1N(C)S(=O)(=O)c1ccc(F)c2ncccc12. The van der Waals surface area contributed by atoms with Gasteiger partial charge in [0.15, 0.2) is 5.76 Å². The van der Waals surface area contributed by atoms with Crippen molar-refractivity contribution in [2.75, 3.05) is 11.4 Å². The van der Waals surface area contributed by atoms with Crippen LogP contribution in [0.1, 0.15) is 11.5 Å². The first-order chi connectivity index (χ1) is 10.8. The molecular formula is C15H14FN3O3S. The second-order valence-electron chi connectivity index (χ2n) is 5.09. The first kappa shape index (κ1) is 15.4. The molecule has 8 heteroatoms. The van der Waals surface area contributed by atoms with Crippen LogP contribution in [-0.2, 0) is 10.0 Å². The maximum Gasteiger partial charge on any atom is 0.264 e. The molecule has 2 aromatic heterocycles. The molecular weight excluding hydrogens is 321 g/mol. The summed E-state index contributed by atoms with van der Waals surface area (Å²) in [6, 6.07) is 5.43. The zero-order valence-corrected chi connectivity index (χ0v) is 13.6. The Morgan fingerprint density at radius 2 is 1.96 bits per heavy atom. The van der Waals surface area contributed by atoms with Crippen molar-refractivity contribution >= 4 is 26.6 Å². The standard InChI is InChI=1S/C15H14FN3O3S/c1-9-15(10(2)22-18-9)19(3)23(20,21)13-7-6-12(16)14-11(13)5-4-8-17-14/h4-8H,1-3H3. The van der Waals surface area contributed by atoms with Gasteiger partial charge in [-0.25, -0.2) is 12.8 Å². The first-order valence-electron chi connectivity index (χ1n) is 6.79. The second-order valence-corrected chi connectivity index (χ2v) is 7.03. The molecule has 0 atom stereocenters. The van der Waals surface area contributed by atoms with E-state index < -0.39 is 15.8 Å². The zero-order valence-electron chi connectivity index (χ0n) is 12.7. The first-order valence-corrected chi connectivity index (χ1v) is 8.23. The van der Waals surface area contributed by atoms with Crippen molar-refractivity contribution in [3.63, 3.8) is 0 Å². The number of aryl methyl sites for hydroxylation is 2. The van der Waals surface area contributed by atoms with Gasteiger partial charge in [-0.05, 0) is 38.1 Å². The van der Waals surface area contributed by atoms with Gasteiger partial charge in [0, 0.05) is 18.6 Å². The highest BCUT2D eigenvalue weighted by Gasteiger charge is 2.28. The number of benzene rings is 1. The molecule has 0 fully saturated rings. The number of fused-ring (bicyclic) bond motifs is 1. The largest absolute Gasteiger partial charge is 0.359 e. The minimum absolute atomic E-state index is 0.0146. The lowest BCUT2D eigenvalue weighted by molar-refractivity contribution is 0.393. The lowest BCUT2D eigenvalue weighted by atomic mass is 10.2. The fourth-order valence-corrected chi connectivity index (χ4v) is 4.01. The van der Waals surface area contributed by atoms with Gasteiger partial charge in [-0.2, -0.15) is 0 Å². The monoisotopic (exact) mass is 335 g/mol. The Balaban J connectivity index is 2.24. The predicted molar refractivity (Wildman–Crippen MR) is 83.3 cm³/mol. The summed E-state index contributed by atoms with van der Waals surface area (Å²) in [6.45, 7) is 3.29. The zero-order chi connectivity index (χ0) is 16.8. The number of rotatable bonds is 3. The fourth-order valence-electron chi connectivity index (χ4n) is 2.53. The van der Waals surface area contributed by atoms with Crippen molar-refractivity contribution in [2.45, 2.75) is 18.7 Å². The lowest BCUT2D eigenvalue weighted by Gasteiger charge is -2.20. The topological polar surface area (TPSA) is 76.3 Å². The van der Waals surface area contributed by atoms with Crippen LogP contribution in [0.2, 0.25) is 0 Å². The van der Waals surface area contributed by atoms with Crippen molar-refractivity contribution in [3.05, 3.63) is 47.7 Å². The maximum atomic E-state index is 13.9. The van der Waals surface area contributed by atoms with Gasteiger partial charge in [-0.15, -0.1) is 0 Å². The molecule has 0 spiro atoms. The molecule has 23 heavy (non-hydrogen) atoms. The highest BCUT2D eigenvalue weighted by Crippen LogP contribution is 2.31. The van der Waals surface area contributed by atoms with Crippen LogP contribution in [0.5, 0.6) is 0 Å². The summed E-state index contributed by atoms with van der Waals surface area (Å²) in [4.78, 5) is 3.90. The molecule has 0 unspecified atom stereocenters. The third kappa shape index (κ3) is 2.35. The molecule has 0 amide bonds. The molecule has 3 aromatic rings. The quantitative estimate of drug-likeness (QED) is 0.735. The van der Waals surface area contributed by atoms with Gasteiger partial charge in [0.1, 0.15) is 22.7 Å². The number of hydrogen-bond donors (Lipinski definition) is 0. The Kier molecular flexibility index (Phi) is 3.56. The number of nitrogens with zero attached hydrogens (tertiary/aromatic N) is 3. The Bertz CT molecular complexity index is 979. The van der Waals surface area contributed by atoms with E-state index in [4.69, 9.17) is 4.52 Å². The van der Waals surface area contributed by atoms with Gasteiger partial charge in [-0.1, -0.05) is 5.16 Å². The minimum Gasteiger partial charge on any atom is -0.359 e. The van der Waals surface area contributed by atoms with Crippen LogP contribution in [-0.4, -0.2) is 25.6 Å². The van der Waals surface area contributed by atoms with Crippen LogP contribution >= 0.6 is 0 Å². The summed E-state index contributed by atoms with van der Waals surface area (Å²) < 4.78 is 45.9. The number of aromatic nitrogens is 2. The third-order valence-corrected chi connectivity index (χ3v) is 5.44. The van der Waals surface area contributed by atoms with Gasteiger partial charge < -0.3 is 4.52 Å². The van der Waals surface area contributed by atoms with Crippen molar-refractivity contribution in [3.8, 4) is 0 Å². The number of anilines is 1. The summed E-state index contributed by atoms with van der Waals surface area (Å²) in [6.07, 6.45) is 1.42. The van der Waals surface area contributed by atoms with E-state index in [1.165, 1.54) is 25.4 Å². The van der Waals surface area contributed by atoms with Crippen LogP contribution in [0.25, 0.3) is 10.9 Å². The van der Waals surface area contributed by atoms with E-state index in [0.717, 1.165) is 10.4 Å². The molecule has 2 heterocycles. The molecule has 0 aliphatic heterocycles. The molecule has 0 aliphatic carbocycles. The Morgan fingerprint density at radius 3 is 2.61 bits per heavy atom. The van der Waals surface area contributed by atoms with Crippen LogP contribution in [0.4, 0.5) is 10.1 Å². The summed E-state index contributed by atoms with van der Waals surface area (Å²) >= 11 is 0. The van der Waals surface area contributed by atoms with Crippen molar-refractivity contribution < 1.29 is 17.3 Å². The van der Waals surface area contributed by atoms with E-state index in [1.54, 1.807) is 19.9 Å². The van der Waals surface area contributed by atoms with Gasteiger partial charge in [-0.3, -0.25) is 9.29 Å². The summed E-state index contributed by atoms with van der Waals surface area (Å²) in [7, 11) is -2.51. The van der Waals surface area contributed by atoms with E-state index in [1.807, 2.05) is 0 Å². The fraction of sp³-hybridized carbons (Fsp3) is 0.200. The number of hydrogen-bond acceptors (Lipinski definition) is 5. The number of halogens is 1. The van der Waals surface area contributed by atoms with Gasteiger partial charge in [0.05, 0.1) is 4.90 Å². The minimum atomic E-state index is -3.92. The highest BCUT2D eigenvalue weighted by molar-refractivity contribution is 7.93. The molecule has 1 aromatic carbocycles. The van der Waals surface area contributed by atoms with Crippen LogP contribution in [0.3, 0.4) is 0 Å². The molecule has 0 N–H and O–H groups in total. The van der Waals surface area contributed by atoms with Gasteiger partial charge in [0.25, 0.3) is 10.0 Å². The average Bonchev–Trinajstić information content (AvgIpc) is 2.86. The summed E-state index contributed by atoms with van der Waals surface area (Å²) in [5, 5.41) is 4.00. The molecule has 0 saturated heterocycles. The van der Waals surface area contributed by atoms with E-state index >= 15 is 0 Å². The van der Waals surface area contributed by atoms with E-state index in [9.17, 15) is 12.8 Å². The maximum absolute atomic E-state index is 13.9. The second kappa shape index (κ2) is 5.31. The molecule has 0 radical (unpaired) electrons.